The molecule has 0 radical (unpaired) electrons. The quantitative estimate of drug-likeness (QED) is 0.439. The smallest absolute Gasteiger partial charge is 0.246 e. The summed E-state index contributed by atoms with van der Waals surface area (Å²) in [5.41, 5.74) is -0.0642. The highest BCUT2D eigenvalue weighted by Crippen LogP contribution is 2.12. The zero-order valence-electron chi connectivity index (χ0n) is 13.6. The van der Waals surface area contributed by atoms with Gasteiger partial charge in [0.25, 0.3) is 0 Å². The lowest BCUT2D eigenvalue weighted by Gasteiger charge is -2.23. The molecule has 1 aromatic rings. The van der Waals surface area contributed by atoms with Crippen molar-refractivity contribution in [3.05, 3.63) is 11.7 Å². The van der Waals surface area contributed by atoms with E-state index in [2.05, 4.69) is 46.5 Å². The predicted octanol–water partition coefficient (Wildman–Crippen LogP) is 2.25. The number of halogens is 1. The van der Waals surface area contributed by atoms with Gasteiger partial charge in [-0.2, -0.15) is 4.98 Å². The zero-order valence-corrected chi connectivity index (χ0v) is 15.9. The van der Waals surface area contributed by atoms with Crippen LogP contribution in [-0.4, -0.2) is 35.3 Å². The number of ether oxygens (including phenoxy) is 1. The molecule has 1 atom stereocenters. The molecule has 0 saturated carbocycles. The van der Waals surface area contributed by atoms with Gasteiger partial charge in [-0.15, -0.1) is 24.0 Å². The highest BCUT2D eigenvalue weighted by atomic mass is 127. The number of hydrogen-bond donors (Lipinski definition) is 2. The maximum atomic E-state index is 5.41. The summed E-state index contributed by atoms with van der Waals surface area (Å²) in [6.45, 7) is 11.1. The Labute approximate surface area is 143 Å². The summed E-state index contributed by atoms with van der Waals surface area (Å²) in [6.07, 6.45) is -0.162. The van der Waals surface area contributed by atoms with Gasteiger partial charge in [0.2, 0.25) is 5.89 Å². The highest BCUT2D eigenvalue weighted by molar-refractivity contribution is 14.0. The molecule has 7 nitrogen and oxygen atoms in total. The van der Waals surface area contributed by atoms with Gasteiger partial charge in [-0.1, -0.05) is 5.16 Å². The van der Waals surface area contributed by atoms with Gasteiger partial charge in [0.05, 0.1) is 6.54 Å². The largest absolute Gasteiger partial charge is 0.371 e. The van der Waals surface area contributed by atoms with Crippen LogP contribution >= 0.6 is 24.0 Å². The van der Waals surface area contributed by atoms with Crippen LogP contribution in [0.5, 0.6) is 0 Å². The van der Waals surface area contributed by atoms with Crippen molar-refractivity contribution in [2.45, 2.75) is 52.8 Å². The molecule has 0 spiro atoms. The van der Waals surface area contributed by atoms with Crippen molar-refractivity contribution in [2.24, 2.45) is 4.99 Å². The summed E-state index contributed by atoms with van der Waals surface area (Å²) in [7, 11) is 1.72. The Hall–Kier alpha value is -0.900. The van der Waals surface area contributed by atoms with Crippen LogP contribution in [0.15, 0.2) is 9.52 Å². The van der Waals surface area contributed by atoms with Crippen molar-refractivity contribution in [1.82, 2.24) is 20.8 Å². The van der Waals surface area contributed by atoms with E-state index in [0.29, 0.717) is 30.8 Å². The summed E-state index contributed by atoms with van der Waals surface area (Å²) in [4.78, 5) is 8.42. The minimum Gasteiger partial charge on any atom is -0.371 e. The summed E-state index contributed by atoms with van der Waals surface area (Å²) < 4.78 is 10.6. The van der Waals surface area contributed by atoms with Crippen molar-refractivity contribution in [3.63, 3.8) is 0 Å². The third kappa shape index (κ3) is 7.60. The monoisotopic (exact) mass is 411 g/mol. The van der Waals surface area contributed by atoms with Crippen LogP contribution in [0.25, 0.3) is 0 Å². The molecule has 1 rings (SSSR count). The molecule has 0 aliphatic rings. The topological polar surface area (TPSA) is 84.6 Å². The van der Waals surface area contributed by atoms with E-state index in [0.717, 1.165) is 0 Å². The Morgan fingerprint density at radius 1 is 1.43 bits per heavy atom. The number of guanidine groups is 1. The second kappa shape index (κ2) is 9.19. The van der Waals surface area contributed by atoms with E-state index in [1.807, 2.05) is 13.8 Å². The van der Waals surface area contributed by atoms with Crippen LogP contribution in [0.3, 0.4) is 0 Å². The predicted molar refractivity (Wildman–Crippen MR) is 92.8 cm³/mol. The lowest BCUT2D eigenvalue weighted by Crippen LogP contribution is -2.47. The molecule has 0 bridgehead atoms. The molecule has 0 fully saturated rings. The van der Waals surface area contributed by atoms with Gasteiger partial charge < -0.3 is 19.9 Å². The van der Waals surface area contributed by atoms with E-state index < -0.39 is 0 Å². The molecule has 1 heterocycles. The number of aliphatic imine (C=N–C) groups is 1. The van der Waals surface area contributed by atoms with Gasteiger partial charge in [-0.05, 0) is 34.6 Å². The first kappa shape index (κ1) is 20.1. The number of rotatable bonds is 5. The third-order valence-electron chi connectivity index (χ3n) is 2.39. The summed E-state index contributed by atoms with van der Waals surface area (Å²) in [6, 6.07) is 0. The first-order chi connectivity index (χ1) is 9.35. The summed E-state index contributed by atoms with van der Waals surface area (Å²) >= 11 is 0. The third-order valence-corrected chi connectivity index (χ3v) is 2.39. The van der Waals surface area contributed by atoms with Gasteiger partial charge in [0.1, 0.15) is 6.10 Å². The molecule has 2 N–H and O–H groups in total. The van der Waals surface area contributed by atoms with Crippen molar-refractivity contribution >= 4 is 29.9 Å². The lowest BCUT2D eigenvalue weighted by atomic mass is 10.1. The molecule has 0 saturated heterocycles. The lowest BCUT2D eigenvalue weighted by molar-refractivity contribution is 0.0683. The SMILES string of the molecule is CCOC(C)c1noc(CNC(=NC)NC(C)(C)C)n1.I. The van der Waals surface area contributed by atoms with Gasteiger partial charge in [0, 0.05) is 19.2 Å². The summed E-state index contributed by atoms with van der Waals surface area (Å²) in [5, 5.41) is 10.3. The number of nitrogens with zero attached hydrogens (tertiary/aromatic N) is 3. The van der Waals surface area contributed by atoms with Crippen LogP contribution in [0.1, 0.15) is 52.4 Å². The Kier molecular flexibility index (Phi) is 8.79. The second-order valence-electron chi connectivity index (χ2n) is 5.44. The van der Waals surface area contributed by atoms with Crippen LogP contribution in [0.2, 0.25) is 0 Å². The first-order valence-corrected chi connectivity index (χ1v) is 6.78. The molecule has 0 amide bonds. The normalized spacial score (nSPS) is 13.5. The van der Waals surface area contributed by atoms with Crippen LogP contribution in [-0.2, 0) is 11.3 Å². The minimum absolute atomic E-state index is 0. The molecule has 8 heteroatoms. The van der Waals surface area contributed by atoms with Gasteiger partial charge in [-0.25, -0.2) is 0 Å². The van der Waals surface area contributed by atoms with E-state index in [4.69, 9.17) is 9.26 Å². The molecular weight excluding hydrogens is 385 g/mol. The Morgan fingerprint density at radius 3 is 2.62 bits per heavy atom. The highest BCUT2D eigenvalue weighted by Gasteiger charge is 2.15. The van der Waals surface area contributed by atoms with Gasteiger partial charge >= 0.3 is 0 Å². The molecule has 0 aliphatic carbocycles. The van der Waals surface area contributed by atoms with E-state index in [9.17, 15) is 0 Å². The van der Waals surface area contributed by atoms with Crippen molar-refractivity contribution in [2.75, 3.05) is 13.7 Å². The second-order valence-corrected chi connectivity index (χ2v) is 5.44. The van der Waals surface area contributed by atoms with Crippen molar-refractivity contribution in [3.8, 4) is 0 Å². The average Bonchev–Trinajstić information content (AvgIpc) is 2.82. The van der Waals surface area contributed by atoms with E-state index >= 15 is 0 Å². The molecule has 122 valence electrons. The summed E-state index contributed by atoms with van der Waals surface area (Å²) in [5.74, 6) is 1.75. The van der Waals surface area contributed by atoms with Crippen LogP contribution < -0.4 is 10.6 Å². The van der Waals surface area contributed by atoms with Gasteiger partial charge in [0.15, 0.2) is 11.8 Å². The molecule has 0 aromatic carbocycles. The number of nitrogens with one attached hydrogen (secondary N) is 2. The molecule has 0 aliphatic heterocycles. The Balaban J connectivity index is 0.00000400. The standard InChI is InChI=1S/C13H25N5O2.HI/c1-7-19-9(2)11-16-10(20-18-11)8-15-12(14-6)17-13(3,4)5;/h9H,7-8H2,1-6H3,(H2,14,15,17);1H. The maximum Gasteiger partial charge on any atom is 0.246 e. The number of hydrogen-bond acceptors (Lipinski definition) is 5. The fourth-order valence-corrected chi connectivity index (χ4v) is 1.52. The molecular formula is C13H26IN5O2. The molecule has 21 heavy (non-hydrogen) atoms. The fraction of sp³-hybridized carbons (Fsp3) is 0.769. The van der Waals surface area contributed by atoms with Gasteiger partial charge in [-0.3, -0.25) is 4.99 Å². The average molecular weight is 411 g/mol. The Morgan fingerprint density at radius 2 is 2.10 bits per heavy atom. The minimum atomic E-state index is -0.162. The number of aromatic nitrogens is 2. The fourth-order valence-electron chi connectivity index (χ4n) is 1.52. The van der Waals surface area contributed by atoms with Crippen molar-refractivity contribution in [1.29, 1.82) is 0 Å². The zero-order chi connectivity index (χ0) is 15.2. The van der Waals surface area contributed by atoms with E-state index in [1.165, 1.54) is 0 Å². The Bertz CT molecular complexity index is 442. The first-order valence-electron chi connectivity index (χ1n) is 6.78. The van der Waals surface area contributed by atoms with Crippen LogP contribution in [0.4, 0.5) is 0 Å². The van der Waals surface area contributed by atoms with Crippen LogP contribution in [0, 0.1) is 0 Å². The molecule has 1 aromatic heterocycles. The molecule has 1 unspecified atom stereocenters. The maximum absolute atomic E-state index is 5.41. The van der Waals surface area contributed by atoms with Crippen molar-refractivity contribution < 1.29 is 9.26 Å². The van der Waals surface area contributed by atoms with E-state index in [-0.39, 0.29) is 35.6 Å². The van der Waals surface area contributed by atoms with E-state index in [1.54, 1.807) is 7.05 Å².